The van der Waals surface area contributed by atoms with E-state index in [9.17, 15) is 14.7 Å². The van der Waals surface area contributed by atoms with Crippen LogP contribution in [-0.2, 0) is 0 Å². The second-order valence-corrected chi connectivity index (χ2v) is 8.32. The fraction of sp³-hybridized carbons (Fsp3) is 0.320. The van der Waals surface area contributed by atoms with Gasteiger partial charge in [0.25, 0.3) is 0 Å². The molecule has 178 valence electrons. The Hall–Kier alpha value is -3.85. The molecule has 0 radical (unpaired) electrons. The number of amides is 4. The molecule has 1 aromatic heterocycles. The highest BCUT2D eigenvalue weighted by molar-refractivity contribution is 6.00. The highest BCUT2D eigenvalue weighted by atomic mass is 16.5. The standard InChI is InChI=1S/C25H29N5O4/c1-29(24(32)27-18-6-4-3-5-7-18)23-11-13-30(15-17(23)16-31)25(33)28-22-10-12-26-21-9-8-19(34-2)14-20(21)22/h3-10,12,14,17,23,31H,11,13,15-16H2,1-2H3,(H,27,32)(H,26,28,33)/t17-,23-/m1/s1. The van der Waals surface area contributed by atoms with Crippen LogP contribution in [0.2, 0.25) is 0 Å². The number of methoxy groups -OCH3 is 1. The summed E-state index contributed by atoms with van der Waals surface area (Å²) in [5, 5.41) is 16.6. The number of urea groups is 2. The van der Waals surface area contributed by atoms with Gasteiger partial charge in [-0.2, -0.15) is 0 Å². The zero-order valence-corrected chi connectivity index (χ0v) is 19.3. The van der Waals surface area contributed by atoms with Crippen molar-refractivity contribution >= 4 is 34.3 Å². The first-order valence-electron chi connectivity index (χ1n) is 11.2. The van der Waals surface area contributed by atoms with Crippen LogP contribution in [0.15, 0.2) is 60.8 Å². The number of aromatic nitrogens is 1. The molecule has 1 aliphatic rings. The van der Waals surface area contributed by atoms with Crippen molar-refractivity contribution in [1.29, 1.82) is 0 Å². The summed E-state index contributed by atoms with van der Waals surface area (Å²) >= 11 is 0. The van der Waals surface area contributed by atoms with Crippen LogP contribution in [0.5, 0.6) is 5.75 Å². The van der Waals surface area contributed by atoms with Gasteiger partial charge in [0, 0.05) is 56.0 Å². The number of hydrogen-bond donors (Lipinski definition) is 3. The van der Waals surface area contributed by atoms with Crippen molar-refractivity contribution in [2.45, 2.75) is 12.5 Å². The largest absolute Gasteiger partial charge is 0.497 e. The molecule has 3 N–H and O–H groups in total. The van der Waals surface area contributed by atoms with Crippen molar-refractivity contribution in [2.75, 3.05) is 44.5 Å². The SMILES string of the molecule is COc1ccc2nccc(NC(=O)N3CC[C@@H](N(C)C(=O)Nc4ccccc4)[C@@H](CO)C3)c2c1. The number of aliphatic hydroxyl groups is 1. The van der Waals surface area contributed by atoms with E-state index >= 15 is 0 Å². The molecule has 1 fully saturated rings. The van der Waals surface area contributed by atoms with Gasteiger partial charge in [0.15, 0.2) is 0 Å². The van der Waals surface area contributed by atoms with Gasteiger partial charge in [0.2, 0.25) is 0 Å². The number of aliphatic hydroxyl groups excluding tert-OH is 1. The van der Waals surface area contributed by atoms with Gasteiger partial charge in [0.05, 0.1) is 18.3 Å². The number of likely N-dealkylation sites (tertiary alicyclic amines) is 1. The van der Waals surface area contributed by atoms with E-state index in [2.05, 4.69) is 15.6 Å². The smallest absolute Gasteiger partial charge is 0.321 e. The summed E-state index contributed by atoms with van der Waals surface area (Å²) in [5.74, 6) is 0.411. The molecule has 0 unspecified atom stereocenters. The highest BCUT2D eigenvalue weighted by Gasteiger charge is 2.35. The third kappa shape index (κ3) is 5.04. The maximum atomic E-state index is 13.1. The second kappa shape index (κ2) is 10.4. The molecule has 2 heterocycles. The summed E-state index contributed by atoms with van der Waals surface area (Å²) in [6.07, 6.45) is 2.20. The molecule has 2 aromatic carbocycles. The lowest BCUT2D eigenvalue weighted by atomic mass is 9.92. The minimum Gasteiger partial charge on any atom is -0.497 e. The number of nitrogens with zero attached hydrogens (tertiary/aromatic N) is 3. The highest BCUT2D eigenvalue weighted by Crippen LogP contribution is 2.27. The number of rotatable bonds is 5. The monoisotopic (exact) mass is 463 g/mol. The van der Waals surface area contributed by atoms with Crippen LogP contribution in [0.1, 0.15) is 6.42 Å². The molecule has 0 spiro atoms. The molecule has 34 heavy (non-hydrogen) atoms. The lowest BCUT2D eigenvalue weighted by Gasteiger charge is -2.41. The van der Waals surface area contributed by atoms with Gasteiger partial charge in [-0.1, -0.05) is 18.2 Å². The fourth-order valence-corrected chi connectivity index (χ4v) is 4.33. The van der Waals surface area contributed by atoms with Gasteiger partial charge in [-0.15, -0.1) is 0 Å². The summed E-state index contributed by atoms with van der Waals surface area (Å²) in [4.78, 5) is 33.4. The van der Waals surface area contributed by atoms with E-state index in [1.165, 1.54) is 0 Å². The number of ether oxygens (including phenoxy) is 1. The number of nitrogens with one attached hydrogen (secondary N) is 2. The molecular formula is C25H29N5O4. The molecule has 9 heteroatoms. The molecule has 1 saturated heterocycles. The molecule has 0 aliphatic carbocycles. The number of pyridine rings is 1. The summed E-state index contributed by atoms with van der Waals surface area (Å²) in [5.41, 5.74) is 2.09. The van der Waals surface area contributed by atoms with Crippen molar-refractivity contribution in [2.24, 2.45) is 5.92 Å². The quantitative estimate of drug-likeness (QED) is 0.536. The lowest BCUT2D eigenvalue weighted by molar-refractivity contribution is 0.0701. The minimum atomic E-state index is -0.264. The van der Waals surface area contributed by atoms with Crippen LogP contribution in [0.4, 0.5) is 21.0 Å². The molecule has 2 atom stereocenters. The van der Waals surface area contributed by atoms with E-state index in [4.69, 9.17) is 4.74 Å². The summed E-state index contributed by atoms with van der Waals surface area (Å²) < 4.78 is 5.30. The lowest BCUT2D eigenvalue weighted by Crippen LogP contribution is -2.55. The Bertz CT molecular complexity index is 1160. The van der Waals surface area contributed by atoms with E-state index in [0.717, 1.165) is 10.9 Å². The van der Waals surface area contributed by atoms with Crippen LogP contribution in [-0.4, -0.2) is 71.8 Å². The number of anilines is 2. The van der Waals surface area contributed by atoms with E-state index in [1.807, 2.05) is 48.5 Å². The Morgan fingerprint density at radius 1 is 1.18 bits per heavy atom. The molecule has 4 amide bonds. The van der Waals surface area contributed by atoms with E-state index in [0.29, 0.717) is 36.6 Å². The maximum Gasteiger partial charge on any atom is 0.321 e. The number of benzene rings is 2. The second-order valence-electron chi connectivity index (χ2n) is 8.32. The summed E-state index contributed by atoms with van der Waals surface area (Å²) in [6, 6.07) is 15.8. The molecule has 9 nitrogen and oxygen atoms in total. The third-order valence-electron chi connectivity index (χ3n) is 6.25. The molecule has 0 saturated carbocycles. The van der Waals surface area contributed by atoms with Gasteiger partial charge in [0.1, 0.15) is 5.75 Å². The van der Waals surface area contributed by atoms with Crippen molar-refractivity contribution in [3.8, 4) is 5.75 Å². The molecule has 0 bridgehead atoms. The normalized spacial score (nSPS) is 17.8. The Balaban J connectivity index is 1.42. The zero-order valence-electron chi connectivity index (χ0n) is 19.3. The van der Waals surface area contributed by atoms with Gasteiger partial charge in [-0.05, 0) is 42.8 Å². The number of piperidine rings is 1. The average Bonchev–Trinajstić information content (AvgIpc) is 2.88. The van der Waals surface area contributed by atoms with Crippen molar-refractivity contribution in [1.82, 2.24) is 14.8 Å². The molecule has 3 aromatic rings. The topological polar surface area (TPSA) is 107 Å². The molecule has 1 aliphatic heterocycles. The van der Waals surface area contributed by atoms with Crippen LogP contribution < -0.4 is 15.4 Å². The van der Waals surface area contributed by atoms with Crippen molar-refractivity contribution in [3.63, 3.8) is 0 Å². The number of fused-ring (bicyclic) bond motifs is 1. The van der Waals surface area contributed by atoms with Crippen LogP contribution in [0.3, 0.4) is 0 Å². The zero-order chi connectivity index (χ0) is 24.1. The molecular weight excluding hydrogens is 434 g/mol. The number of para-hydroxylation sites is 1. The Kier molecular flexibility index (Phi) is 7.12. The predicted octanol–water partition coefficient (Wildman–Crippen LogP) is 3.62. The minimum absolute atomic E-state index is 0.132. The third-order valence-corrected chi connectivity index (χ3v) is 6.25. The maximum absolute atomic E-state index is 13.1. The summed E-state index contributed by atoms with van der Waals surface area (Å²) in [7, 11) is 3.31. The van der Waals surface area contributed by atoms with E-state index in [-0.39, 0.29) is 30.6 Å². The number of hydrogen-bond acceptors (Lipinski definition) is 5. The van der Waals surface area contributed by atoms with E-state index in [1.54, 1.807) is 36.2 Å². The Morgan fingerprint density at radius 2 is 1.97 bits per heavy atom. The van der Waals surface area contributed by atoms with Crippen molar-refractivity contribution < 1.29 is 19.4 Å². The molecule has 4 rings (SSSR count). The average molecular weight is 464 g/mol. The first-order chi connectivity index (χ1) is 16.5. The van der Waals surface area contributed by atoms with Gasteiger partial charge >= 0.3 is 12.1 Å². The Labute approximate surface area is 198 Å². The first-order valence-corrected chi connectivity index (χ1v) is 11.2. The van der Waals surface area contributed by atoms with Crippen LogP contribution in [0, 0.1) is 5.92 Å². The van der Waals surface area contributed by atoms with Gasteiger partial charge in [-0.3, -0.25) is 4.98 Å². The van der Waals surface area contributed by atoms with Gasteiger partial charge in [-0.25, -0.2) is 9.59 Å². The van der Waals surface area contributed by atoms with Crippen LogP contribution >= 0.6 is 0 Å². The van der Waals surface area contributed by atoms with Crippen LogP contribution in [0.25, 0.3) is 10.9 Å². The predicted molar refractivity (Wildman–Crippen MR) is 131 cm³/mol. The van der Waals surface area contributed by atoms with Crippen molar-refractivity contribution in [3.05, 3.63) is 60.8 Å². The number of carbonyl (C=O) groups excluding carboxylic acids is 2. The fourth-order valence-electron chi connectivity index (χ4n) is 4.33. The number of carbonyl (C=O) groups is 2. The Morgan fingerprint density at radius 3 is 2.71 bits per heavy atom. The first kappa shape index (κ1) is 23.3. The van der Waals surface area contributed by atoms with Gasteiger partial charge < -0.3 is 30.3 Å². The van der Waals surface area contributed by atoms with E-state index < -0.39 is 0 Å². The summed E-state index contributed by atoms with van der Waals surface area (Å²) in [6.45, 7) is 0.664.